The minimum Gasteiger partial charge on any atom is -0.444 e. The molecule has 0 saturated heterocycles. The fraction of sp³-hybridized carbons (Fsp3) is 0.933. The minimum absolute atomic E-state index is 0.305. The lowest BCUT2D eigenvalue weighted by Gasteiger charge is -2.24. The molecule has 0 aromatic rings. The highest BCUT2D eigenvalue weighted by atomic mass is 32.2. The van der Waals surface area contributed by atoms with Crippen molar-refractivity contribution in [3.8, 4) is 0 Å². The first kappa shape index (κ1) is 17.6. The van der Waals surface area contributed by atoms with E-state index in [4.69, 9.17) is 4.74 Å². The zero-order chi connectivity index (χ0) is 15.2. The molecule has 5 heteroatoms. The van der Waals surface area contributed by atoms with E-state index in [-0.39, 0.29) is 6.09 Å². The molecule has 1 rings (SSSR count). The van der Waals surface area contributed by atoms with E-state index in [1.54, 1.807) is 0 Å². The molecule has 0 radical (unpaired) electrons. The fourth-order valence-electron chi connectivity index (χ4n) is 2.48. The lowest BCUT2D eigenvalue weighted by Crippen LogP contribution is -2.42. The van der Waals surface area contributed by atoms with Crippen LogP contribution in [0.25, 0.3) is 0 Å². The van der Waals surface area contributed by atoms with Crippen molar-refractivity contribution in [1.82, 2.24) is 10.6 Å². The fourth-order valence-corrected chi connectivity index (χ4v) is 2.74. The quantitative estimate of drug-likeness (QED) is 0.792. The van der Waals surface area contributed by atoms with Gasteiger partial charge in [-0.05, 0) is 45.8 Å². The Bertz CT molecular complexity index is 305. The maximum Gasteiger partial charge on any atom is 0.407 e. The molecule has 1 fully saturated rings. The first-order valence-corrected chi connectivity index (χ1v) is 8.83. The summed E-state index contributed by atoms with van der Waals surface area (Å²) < 4.78 is 5.27. The van der Waals surface area contributed by atoms with Gasteiger partial charge in [0.25, 0.3) is 0 Å². The highest BCUT2D eigenvalue weighted by Crippen LogP contribution is 2.25. The van der Waals surface area contributed by atoms with Crippen molar-refractivity contribution in [2.24, 2.45) is 5.92 Å². The van der Waals surface area contributed by atoms with Crippen LogP contribution in [0, 0.1) is 5.92 Å². The molecule has 0 aromatic heterocycles. The van der Waals surface area contributed by atoms with Crippen LogP contribution in [-0.2, 0) is 4.74 Å². The van der Waals surface area contributed by atoms with E-state index in [1.165, 1.54) is 19.3 Å². The Morgan fingerprint density at radius 2 is 2.10 bits per heavy atom. The predicted octanol–water partition coefficient (Wildman–Crippen LogP) is 3.02. The Morgan fingerprint density at radius 1 is 1.40 bits per heavy atom. The van der Waals surface area contributed by atoms with Gasteiger partial charge in [0, 0.05) is 24.4 Å². The molecular formula is C15H30N2O2S. The molecule has 0 heterocycles. The van der Waals surface area contributed by atoms with Gasteiger partial charge < -0.3 is 15.4 Å². The Hall–Kier alpha value is -0.420. The highest BCUT2D eigenvalue weighted by molar-refractivity contribution is 7.99. The van der Waals surface area contributed by atoms with Gasteiger partial charge in [-0.3, -0.25) is 0 Å². The SMILES string of the molecule is CSC(C)CNC1CCCC1CNC(=O)OC(C)(C)C. The Labute approximate surface area is 127 Å². The summed E-state index contributed by atoms with van der Waals surface area (Å²) in [4.78, 5) is 11.7. The number of alkyl carbamates (subject to hydrolysis) is 1. The summed E-state index contributed by atoms with van der Waals surface area (Å²) >= 11 is 1.88. The molecule has 0 spiro atoms. The van der Waals surface area contributed by atoms with Crippen molar-refractivity contribution in [1.29, 1.82) is 0 Å². The standard InChI is InChI=1S/C15H30N2O2S/c1-11(20-5)9-16-13-8-6-7-12(13)10-17-14(18)19-15(2,3)4/h11-13,16H,6-10H2,1-5H3,(H,17,18). The van der Waals surface area contributed by atoms with Crippen molar-refractivity contribution in [2.45, 2.75) is 63.9 Å². The van der Waals surface area contributed by atoms with Crippen molar-refractivity contribution < 1.29 is 9.53 Å². The summed E-state index contributed by atoms with van der Waals surface area (Å²) in [6, 6.07) is 0.527. The van der Waals surface area contributed by atoms with Gasteiger partial charge in [-0.15, -0.1) is 0 Å². The van der Waals surface area contributed by atoms with E-state index in [0.717, 1.165) is 6.54 Å². The summed E-state index contributed by atoms with van der Waals surface area (Å²) in [5, 5.41) is 7.18. The second-order valence-electron chi connectivity index (χ2n) is 6.63. The lowest BCUT2D eigenvalue weighted by molar-refractivity contribution is 0.0517. The Morgan fingerprint density at radius 3 is 2.70 bits per heavy atom. The zero-order valence-electron chi connectivity index (χ0n) is 13.5. The summed E-state index contributed by atoms with van der Waals surface area (Å²) in [5.74, 6) is 0.525. The third-order valence-corrected chi connectivity index (χ3v) is 4.61. The molecule has 0 aromatic carbocycles. The molecule has 1 saturated carbocycles. The van der Waals surface area contributed by atoms with Gasteiger partial charge >= 0.3 is 6.09 Å². The maximum atomic E-state index is 11.7. The molecule has 4 nitrogen and oxygen atoms in total. The van der Waals surface area contributed by atoms with E-state index >= 15 is 0 Å². The van der Waals surface area contributed by atoms with Crippen LogP contribution in [-0.4, -0.2) is 42.3 Å². The minimum atomic E-state index is -0.425. The van der Waals surface area contributed by atoms with Crippen molar-refractivity contribution >= 4 is 17.9 Å². The topological polar surface area (TPSA) is 50.4 Å². The number of amides is 1. The summed E-state index contributed by atoms with van der Waals surface area (Å²) in [7, 11) is 0. The molecule has 3 atom stereocenters. The zero-order valence-corrected chi connectivity index (χ0v) is 14.3. The van der Waals surface area contributed by atoms with E-state index in [1.807, 2.05) is 32.5 Å². The van der Waals surface area contributed by atoms with Crippen LogP contribution in [0.2, 0.25) is 0 Å². The van der Waals surface area contributed by atoms with Gasteiger partial charge in [0.1, 0.15) is 5.60 Å². The van der Waals surface area contributed by atoms with Crippen molar-refractivity contribution in [3.63, 3.8) is 0 Å². The molecule has 1 aliphatic rings. The van der Waals surface area contributed by atoms with E-state index in [2.05, 4.69) is 23.8 Å². The highest BCUT2D eigenvalue weighted by Gasteiger charge is 2.28. The largest absolute Gasteiger partial charge is 0.444 e. The molecule has 1 amide bonds. The molecule has 118 valence electrons. The number of hydrogen-bond donors (Lipinski definition) is 2. The molecule has 3 unspecified atom stereocenters. The smallest absolute Gasteiger partial charge is 0.407 e. The lowest BCUT2D eigenvalue weighted by atomic mass is 10.0. The average Bonchev–Trinajstić information content (AvgIpc) is 2.78. The first-order chi connectivity index (χ1) is 9.31. The molecule has 20 heavy (non-hydrogen) atoms. The second kappa shape index (κ2) is 8.13. The molecule has 2 N–H and O–H groups in total. The third-order valence-electron chi connectivity index (χ3n) is 3.64. The van der Waals surface area contributed by atoms with Gasteiger partial charge in [0.15, 0.2) is 0 Å². The van der Waals surface area contributed by atoms with Crippen LogP contribution >= 0.6 is 11.8 Å². The number of hydrogen-bond acceptors (Lipinski definition) is 4. The number of nitrogens with one attached hydrogen (secondary N) is 2. The number of carbonyl (C=O) groups excluding carboxylic acids is 1. The second-order valence-corrected chi connectivity index (χ2v) is 7.91. The average molecular weight is 302 g/mol. The van der Waals surface area contributed by atoms with Crippen LogP contribution < -0.4 is 10.6 Å². The van der Waals surface area contributed by atoms with Crippen molar-refractivity contribution in [3.05, 3.63) is 0 Å². The van der Waals surface area contributed by atoms with Gasteiger partial charge in [-0.2, -0.15) is 11.8 Å². The van der Waals surface area contributed by atoms with Gasteiger partial charge in [0.05, 0.1) is 0 Å². The van der Waals surface area contributed by atoms with Gasteiger partial charge in [0.2, 0.25) is 0 Å². The summed E-state index contributed by atoms with van der Waals surface area (Å²) in [5.41, 5.74) is -0.425. The van der Waals surface area contributed by atoms with E-state index < -0.39 is 5.60 Å². The number of ether oxygens (including phenoxy) is 1. The van der Waals surface area contributed by atoms with Gasteiger partial charge in [-0.25, -0.2) is 4.79 Å². The van der Waals surface area contributed by atoms with Crippen LogP contribution in [0.4, 0.5) is 4.79 Å². The summed E-state index contributed by atoms with van der Waals surface area (Å²) in [6.07, 6.45) is 5.47. The van der Waals surface area contributed by atoms with E-state index in [9.17, 15) is 4.79 Å². The normalized spacial score (nSPS) is 24.4. The molecule has 0 aliphatic heterocycles. The predicted molar refractivity (Wildman–Crippen MR) is 86.3 cm³/mol. The monoisotopic (exact) mass is 302 g/mol. The van der Waals surface area contributed by atoms with Crippen LogP contribution in [0.5, 0.6) is 0 Å². The molecule has 0 bridgehead atoms. The van der Waals surface area contributed by atoms with Crippen molar-refractivity contribution in [2.75, 3.05) is 19.3 Å². The van der Waals surface area contributed by atoms with Crippen LogP contribution in [0.3, 0.4) is 0 Å². The maximum absolute atomic E-state index is 11.7. The molecule has 1 aliphatic carbocycles. The number of carbonyl (C=O) groups is 1. The Balaban J connectivity index is 2.29. The van der Waals surface area contributed by atoms with Gasteiger partial charge in [-0.1, -0.05) is 13.3 Å². The third kappa shape index (κ3) is 6.84. The number of rotatable bonds is 6. The molecular weight excluding hydrogens is 272 g/mol. The van der Waals surface area contributed by atoms with E-state index in [0.29, 0.717) is 23.8 Å². The Kier molecular flexibility index (Phi) is 7.17. The number of thioether (sulfide) groups is 1. The summed E-state index contributed by atoms with van der Waals surface area (Å²) in [6.45, 7) is 9.64. The van der Waals surface area contributed by atoms with Crippen LogP contribution in [0.15, 0.2) is 0 Å². The van der Waals surface area contributed by atoms with Crippen LogP contribution in [0.1, 0.15) is 47.0 Å². The first-order valence-electron chi connectivity index (χ1n) is 7.55.